The van der Waals surface area contributed by atoms with Gasteiger partial charge in [0.15, 0.2) is 12.6 Å². The van der Waals surface area contributed by atoms with Gasteiger partial charge in [0.2, 0.25) is 5.79 Å². The van der Waals surface area contributed by atoms with Crippen LogP contribution in [0.25, 0.3) is 0 Å². The van der Waals surface area contributed by atoms with Crippen LogP contribution >= 0.6 is 0 Å². The van der Waals surface area contributed by atoms with Crippen LogP contribution in [-0.4, -0.2) is 137 Å². The van der Waals surface area contributed by atoms with Gasteiger partial charge in [0.1, 0.15) is 23.9 Å². The summed E-state index contributed by atoms with van der Waals surface area (Å²) in [6.07, 6.45) is -4.82. The molecule has 298 valence electrons. The standard InChI is InChI=1S/C38H69NO12/c1-13-28-37(10,44)33(42)23(7)30(40)20(4)14-26(18-46-36-31(41)27(16-22(6)47-36)39(11)19(2)3)15-21(5)32(24(8)35(43)49-28)50-29-17-38(45-12)34(51-38)25(9)48-29/h19-34,36,40-42,44H,13-18H2,1-12H3/t20-,21-,22?,23+,24-,25?,26+,27?,28-,29?,30+,31?,32?,33-,34?,36?,37-,38?/m1/s1. The molecule has 0 radical (unpaired) electrons. The van der Waals surface area contributed by atoms with Gasteiger partial charge < -0.3 is 53.6 Å². The summed E-state index contributed by atoms with van der Waals surface area (Å²) in [5.41, 5.74) is -1.84. The molecule has 13 heteroatoms. The van der Waals surface area contributed by atoms with Crippen molar-refractivity contribution in [2.24, 2.45) is 29.6 Å². The monoisotopic (exact) mass is 731 g/mol. The first-order valence-electron chi connectivity index (χ1n) is 19.3. The number of hydrogen-bond donors (Lipinski definition) is 4. The summed E-state index contributed by atoms with van der Waals surface area (Å²) in [4.78, 5) is 16.1. The third kappa shape index (κ3) is 9.47. The second-order valence-corrected chi connectivity index (χ2v) is 16.8. The second-order valence-electron chi connectivity index (χ2n) is 16.8. The van der Waals surface area contributed by atoms with E-state index in [2.05, 4.69) is 18.7 Å². The van der Waals surface area contributed by atoms with E-state index in [0.717, 1.165) is 0 Å². The SMILES string of the molecule is CC[C@H]1OC(=O)[C@H](C)C(OC2CC3(OC)OC3C(C)O2)[C@H](C)C[C@@H](COC2OC(C)CC(N(C)C(C)C)C2O)C[C@@H](C)[C@H](O)[C@H](C)[C@@H](O)[C@]1(C)O. The van der Waals surface area contributed by atoms with Crippen LogP contribution in [0.1, 0.15) is 101 Å². The minimum atomic E-state index is -1.84. The minimum Gasteiger partial charge on any atom is -0.459 e. The Kier molecular flexibility index (Phi) is 14.4. The molecule has 0 aromatic rings. The quantitative estimate of drug-likeness (QED) is 0.202. The lowest BCUT2D eigenvalue weighted by Gasteiger charge is -2.44. The molecule has 4 rings (SSSR count). The lowest BCUT2D eigenvalue weighted by molar-refractivity contribution is -0.260. The highest BCUT2D eigenvalue weighted by Gasteiger charge is 2.65. The molecule has 4 aliphatic rings. The van der Waals surface area contributed by atoms with Crippen molar-refractivity contribution in [3.05, 3.63) is 0 Å². The number of epoxide rings is 1. The molecule has 0 bridgehead atoms. The van der Waals surface area contributed by atoms with E-state index < -0.39 is 72.3 Å². The number of likely N-dealkylation sites (N-methyl/N-ethyl adjacent to an activating group) is 1. The molecule has 51 heavy (non-hydrogen) atoms. The molecule has 4 aliphatic heterocycles. The number of carbonyl (C=O) groups excluding carboxylic acids is 1. The van der Waals surface area contributed by atoms with Crippen LogP contribution < -0.4 is 0 Å². The lowest BCUT2D eigenvalue weighted by atomic mass is 9.75. The predicted molar refractivity (Wildman–Crippen MR) is 188 cm³/mol. The van der Waals surface area contributed by atoms with Crippen molar-refractivity contribution in [2.75, 3.05) is 20.8 Å². The van der Waals surface area contributed by atoms with Crippen LogP contribution in [0.4, 0.5) is 0 Å². The van der Waals surface area contributed by atoms with E-state index in [-0.39, 0.29) is 61.2 Å². The van der Waals surface area contributed by atoms with Crippen LogP contribution in [0, 0.1) is 29.6 Å². The lowest BCUT2D eigenvalue weighted by Crippen LogP contribution is -2.57. The number of hydrogen-bond acceptors (Lipinski definition) is 13. The van der Waals surface area contributed by atoms with Gasteiger partial charge in [-0.05, 0) is 92.0 Å². The molecule has 0 aliphatic carbocycles. The second kappa shape index (κ2) is 17.2. The largest absolute Gasteiger partial charge is 0.459 e. The van der Waals surface area contributed by atoms with Crippen molar-refractivity contribution in [1.82, 2.24) is 4.90 Å². The van der Waals surface area contributed by atoms with Gasteiger partial charge in [0.25, 0.3) is 0 Å². The maximum atomic E-state index is 13.9. The molecule has 4 fully saturated rings. The summed E-state index contributed by atoms with van der Waals surface area (Å²) < 4.78 is 42.9. The highest BCUT2D eigenvalue weighted by Crippen LogP contribution is 2.49. The summed E-state index contributed by atoms with van der Waals surface area (Å²) in [6.45, 7) is 18.9. The number of carbonyl (C=O) groups is 1. The van der Waals surface area contributed by atoms with Crippen LogP contribution in [0.2, 0.25) is 0 Å². The van der Waals surface area contributed by atoms with E-state index in [1.165, 1.54) is 6.92 Å². The third-order valence-corrected chi connectivity index (χ3v) is 12.4. The van der Waals surface area contributed by atoms with E-state index in [1.54, 1.807) is 27.9 Å². The summed E-state index contributed by atoms with van der Waals surface area (Å²) in [6, 6.07) is 0.0828. The normalized spacial score (nSPS) is 48.9. The summed E-state index contributed by atoms with van der Waals surface area (Å²) in [7, 11) is 3.60. The Balaban J connectivity index is 1.64. The molecule has 0 aromatic carbocycles. The molecule has 0 amide bonds. The topological polar surface area (TPSA) is 169 Å². The Morgan fingerprint density at radius 2 is 1.63 bits per heavy atom. The zero-order chi connectivity index (χ0) is 38.2. The number of fused-ring (bicyclic) bond motifs is 1. The highest BCUT2D eigenvalue weighted by molar-refractivity contribution is 5.73. The maximum absolute atomic E-state index is 13.9. The molecule has 4 saturated heterocycles. The van der Waals surface area contributed by atoms with Gasteiger partial charge >= 0.3 is 5.97 Å². The van der Waals surface area contributed by atoms with Crippen molar-refractivity contribution in [1.29, 1.82) is 0 Å². The molecule has 0 aromatic heterocycles. The molecular weight excluding hydrogens is 662 g/mol. The van der Waals surface area contributed by atoms with Crippen LogP contribution in [0.5, 0.6) is 0 Å². The van der Waals surface area contributed by atoms with Gasteiger partial charge in [0.05, 0.1) is 49.5 Å². The average molecular weight is 732 g/mol. The van der Waals surface area contributed by atoms with Gasteiger partial charge in [-0.15, -0.1) is 0 Å². The number of rotatable bonds is 9. The fourth-order valence-electron chi connectivity index (χ4n) is 8.81. The molecule has 4 N–H and O–H groups in total. The summed E-state index contributed by atoms with van der Waals surface area (Å²) in [5, 5.41) is 46.0. The first kappa shape index (κ1) is 42.8. The van der Waals surface area contributed by atoms with Crippen LogP contribution in [-0.2, 0) is 38.0 Å². The molecular formula is C38H69NO12. The number of ether oxygens (including phenoxy) is 7. The van der Waals surface area contributed by atoms with Gasteiger partial charge in [-0.3, -0.25) is 9.69 Å². The Hall–Kier alpha value is -0.970. The Labute approximate surface area is 305 Å². The highest BCUT2D eigenvalue weighted by atomic mass is 16.8. The number of cyclic esters (lactones) is 1. The van der Waals surface area contributed by atoms with Crippen molar-refractivity contribution < 1.29 is 58.4 Å². The Morgan fingerprint density at radius 3 is 2.24 bits per heavy atom. The molecule has 18 atom stereocenters. The van der Waals surface area contributed by atoms with Gasteiger partial charge in [-0.1, -0.05) is 27.7 Å². The fraction of sp³-hybridized carbons (Fsp3) is 0.974. The van der Waals surface area contributed by atoms with Crippen molar-refractivity contribution in [3.8, 4) is 0 Å². The minimum absolute atomic E-state index is 0.122. The van der Waals surface area contributed by atoms with Crippen molar-refractivity contribution >= 4 is 5.97 Å². The predicted octanol–water partition coefficient (Wildman–Crippen LogP) is 3.22. The molecule has 4 heterocycles. The van der Waals surface area contributed by atoms with E-state index in [9.17, 15) is 25.2 Å². The first-order chi connectivity index (χ1) is 23.8. The van der Waals surface area contributed by atoms with Crippen LogP contribution in [0.15, 0.2) is 0 Å². The van der Waals surface area contributed by atoms with E-state index in [0.29, 0.717) is 25.7 Å². The Bertz CT molecular complexity index is 1130. The molecule has 9 unspecified atom stereocenters. The number of aliphatic hydroxyl groups is 4. The first-order valence-corrected chi connectivity index (χ1v) is 19.3. The van der Waals surface area contributed by atoms with E-state index in [4.69, 9.17) is 33.2 Å². The average Bonchev–Trinajstić information content (AvgIpc) is 3.83. The smallest absolute Gasteiger partial charge is 0.311 e. The third-order valence-electron chi connectivity index (χ3n) is 12.4. The van der Waals surface area contributed by atoms with Crippen molar-refractivity contribution in [3.63, 3.8) is 0 Å². The molecule has 0 saturated carbocycles. The maximum Gasteiger partial charge on any atom is 0.311 e. The van der Waals surface area contributed by atoms with E-state index >= 15 is 0 Å². The molecule has 13 nitrogen and oxygen atoms in total. The van der Waals surface area contributed by atoms with Gasteiger partial charge in [-0.25, -0.2) is 0 Å². The summed E-state index contributed by atoms with van der Waals surface area (Å²) in [5.74, 6) is -3.59. The fourth-order valence-corrected chi connectivity index (χ4v) is 8.81. The zero-order valence-corrected chi connectivity index (χ0v) is 33.1. The number of methoxy groups -OCH3 is 1. The number of esters is 1. The summed E-state index contributed by atoms with van der Waals surface area (Å²) >= 11 is 0. The van der Waals surface area contributed by atoms with Gasteiger partial charge in [-0.2, -0.15) is 0 Å². The number of nitrogens with zero attached hydrogens (tertiary/aromatic N) is 1. The Morgan fingerprint density at radius 1 is 0.980 bits per heavy atom. The van der Waals surface area contributed by atoms with Crippen LogP contribution in [0.3, 0.4) is 0 Å². The zero-order valence-electron chi connectivity index (χ0n) is 33.1. The van der Waals surface area contributed by atoms with E-state index in [1.807, 2.05) is 34.7 Å². The van der Waals surface area contributed by atoms with Gasteiger partial charge in [0, 0.05) is 25.1 Å². The molecule has 0 spiro atoms. The number of aliphatic hydroxyl groups excluding tert-OH is 3. The van der Waals surface area contributed by atoms with Crippen molar-refractivity contribution in [2.45, 2.75) is 186 Å².